The molecule has 158 valence electrons. The van der Waals surface area contributed by atoms with Gasteiger partial charge in [0.05, 0.1) is 6.26 Å². The monoisotopic (exact) mass is 437 g/mol. The normalized spacial score (nSPS) is 15.5. The predicted molar refractivity (Wildman–Crippen MR) is 118 cm³/mol. The number of carbonyl (C=O) groups is 1. The number of nitrogens with one attached hydrogen (secondary N) is 1. The lowest BCUT2D eigenvalue weighted by Crippen LogP contribution is -2.37. The van der Waals surface area contributed by atoms with Gasteiger partial charge in [0.2, 0.25) is 10.0 Å². The summed E-state index contributed by atoms with van der Waals surface area (Å²) >= 11 is 0. The molecular formula is C21H28ClN3O3S. The van der Waals surface area contributed by atoms with E-state index in [2.05, 4.69) is 20.7 Å². The Morgan fingerprint density at radius 2 is 1.79 bits per heavy atom. The minimum Gasteiger partial charge on any atom is -0.303 e. The van der Waals surface area contributed by atoms with Crippen molar-refractivity contribution in [3.05, 3.63) is 59.4 Å². The first-order chi connectivity index (χ1) is 13.3. The Kier molecular flexibility index (Phi) is 8.19. The van der Waals surface area contributed by atoms with Crippen LogP contribution in [0, 0.1) is 12.8 Å². The van der Waals surface area contributed by atoms with Crippen molar-refractivity contribution in [1.82, 2.24) is 9.88 Å². The fourth-order valence-corrected chi connectivity index (χ4v) is 4.15. The standard InChI is InChI=1S/C21H27N3O3S.ClH/c1-16-4-3-5-19(22-16)12-15-24-13-10-18(11-14-24)21(25)17-6-8-20(9-7-17)23-28(2,26)27;/h3-9,18,23H,10-15H2,1-2H3;1H. The Hall–Kier alpha value is -1.96. The van der Waals surface area contributed by atoms with Gasteiger partial charge in [-0.05, 0) is 69.3 Å². The minimum absolute atomic E-state index is 0. The van der Waals surface area contributed by atoms with Gasteiger partial charge in [0.15, 0.2) is 5.78 Å². The summed E-state index contributed by atoms with van der Waals surface area (Å²) in [6, 6.07) is 12.8. The Labute approximate surface area is 179 Å². The third kappa shape index (κ3) is 7.10. The molecule has 1 aliphatic rings. The molecule has 0 spiro atoms. The van der Waals surface area contributed by atoms with Gasteiger partial charge in [-0.3, -0.25) is 14.5 Å². The summed E-state index contributed by atoms with van der Waals surface area (Å²) < 4.78 is 25.0. The van der Waals surface area contributed by atoms with Crippen molar-refractivity contribution in [2.24, 2.45) is 5.92 Å². The number of ketones is 1. The molecule has 2 heterocycles. The molecule has 0 bridgehead atoms. The third-order valence-electron chi connectivity index (χ3n) is 5.06. The number of nitrogens with zero attached hydrogens (tertiary/aromatic N) is 2. The molecule has 1 aliphatic heterocycles. The lowest BCUT2D eigenvalue weighted by atomic mass is 9.89. The fraction of sp³-hybridized carbons (Fsp3) is 0.429. The summed E-state index contributed by atoms with van der Waals surface area (Å²) in [4.78, 5) is 19.7. The molecule has 8 heteroatoms. The van der Waals surface area contributed by atoms with Crippen LogP contribution in [0.25, 0.3) is 0 Å². The van der Waals surface area contributed by atoms with Crippen LogP contribution >= 0.6 is 12.4 Å². The van der Waals surface area contributed by atoms with Crippen molar-refractivity contribution < 1.29 is 13.2 Å². The summed E-state index contributed by atoms with van der Waals surface area (Å²) in [5.41, 5.74) is 3.26. The zero-order valence-corrected chi connectivity index (χ0v) is 18.4. The summed E-state index contributed by atoms with van der Waals surface area (Å²) in [6.07, 6.45) is 3.73. The summed E-state index contributed by atoms with van der Waals surface area (Å²) in [6.45, 7) is 4.79. The number of piperidine rings is 1. The molecule has 0 radical (unpaired) electrons. The van der Waals surface area contributed by atoms with E-state index in [4.69, 9.17) is 0 Å². The van der Waals surface area contributed by atoms with E-state index in [0.29, 0.717) is 11.3 Å². The van der Waals surface area contributed by atoms with Crippen LogP contribution in [0.15, 0.2) is 42.5 Å². The number of pyridine rings is 1. The third-order valence-corrected chi connectivity index (χ3v) is 5.67. The van der Waals surface area contributed by atoms with E-state index in [-0.39, 0.29) is 24.1 Å². The van der Waals surface area contributed by atoms with Crippen LogP contribution in [0.5, 0.6) is 0 Å². The van der Waals surface area contributed by atoms with Crippen LogP contribution in [0.2, 0.25) is 0 Å². The van der Waals surface area contributed by atoms with Crippen LogP contribution < -0.4 is 4.72 Å². The quantitative estimate of drug-likeness (QED) is 0.672. The largest absolute Gasteiger partial charge is 0.303 e. The highest BCUT2D eigenvalue weighted by Crippen LogP contribution is 2.23. The van der Waals surface area contributed by atoms with E-state index in [1.54, 1.807) is 24.3 Å². The number of carbonyl (C=O) groups excluding carboxylic acids is 1. The number of hydrogen-bond acceptors (Lipinski definition) is 5. The second-order valence-electron chi connectivity index (χ2n) is 7.45. The zero-order chi connectivity index (χ0) is 20.1. The number of rotatable bonds is 7. The molecule has 2 aromatic rings. The Bertz CT molecular complexity index is 924. The van der Waals surface area contributed by atoms with Gasteiger partial charge in [0.25, 0.3) is 0 Å². The maximum absolute atomic E-state index is 12.8. The first kappa shape index (κ1) is 23.3. The van der Waals surface area contributed by atoms with Crippen molar-refractivity contribution in [3.8, 4) is 0 Å². The van der Waals surface area contributed by atoms with Gasteiger partial charge in [-0.1, -0.05) is 6.07 Å². The summed E-state index contributed by atoms with van der Waals surface area (Å²) in [5.74, 6) is 0.174. The van der Waals surface area contributed by atoms with Crippen LogP contribution in [0.4, 0.5) is 5.69 Å². The van der Waals surface area contributed by atoms with E-state index in [9.17, 15) is 13.2 Å². The van der Waals surface area contributed by atoms with Crippen LogP contribution in [-0.4, -0.2) is 50.0 Å². The maximum atomic E-state index is 12.8. The second-order valence-corrected chi connectivity index (χ2v) is 9.20. The molecule has 0 saturated carbocycles. The number of likely N-dealkylation sites (tertiary alicyclic amines) is 1. The van der Waals surface area contributed by atoms with Gasteiger partial charge in [0, 0.05) is 41.5 Å². The van der Waals surface area contributed by atoms with Crippen molar-refractivity contribution in [3.63, 3.8) is 0 Å². The fourth-order valence-electron chi connectivity index (χ4n) is 3.58. The first-order valence-electron chi connectivity index (χ1n) is 9.57. The van der Waals surface area contributed by atoms with Crippen molar-refractivity contribution in [1.29, 1.82) is 0 Å². The molecule has 0 amide bonds. The van der Waals surface area contributed by atoms with Crippen LogP contribution in [0.3, 0.4) is 0 Å². The van der Waals surface area contributed by atoms with Crippen molar-refractivity contribution >= 4 is 33.9 Å². The number of aromatic nitrogens is 1. The highest BCUT2D eigenvalue weighted by Gasteiger charge is 2.25. The van der Waals surface area contributed by atoms with Gasteiger partial charge >= 0.3 is 0 Å². The van der Waals surface area contributed by atoms with E-state index in [1.807, 2.05) is 19.1 Å². The van der Waals surface area contributed by atoms with Gasteiger partial charge in [-0.25, -0.2) is 8.42 Å². The highest BCUT2D eigenvalue weighted by molar-refractivity contribution is 7.92. The molecule has 1 saturated heterocycles. The number of benzene rings is 1. The van der Waals surface area contributed by atoms with Gasteiger partial charge in [-0.15, -0.1) is 12.4 Å². The minimum atomic E-state index is -3.31. The van der Waals surface area contributed by atoms with E-state index >= 15 is 0 Å². The molecule has 1 aromatic heterocycles. The van der Waals surface area contributed by atoms with Crippen molar-refractivity contribution in [2.45, 2.75) is 26.2 Å². The van der Waals surface area contributed by atoms with E-state index in [1.165, 1.54) is 0 Å². The van der Waals surface area contributed by atoms with Gasteiger partial charge < -0.3 is 4.90 Å². The molecule has 1 aromatic carbocycles. The Morgan fingerprint density at radius 1 is 1.14 bits per heavy atom. The SMILES string of the molecule is Cc1cccc(CCN2CCC(C(=O)c3ccc(NS(C)(=O)=O)cc3)CC2)n1.Cl. The summed E-state index contributed by atoms with van der Waals surface area (Å²) in [7, 11) is -3.31. The average Bonchev–Trinajstić information content (AvgIpc) is 2.66. The molecule has 1 N–H and O–H groups in total. The highest BCUT2D eigenvalue weighted by atomic mass is 35.5. The smallest absolute Gasteiger partial charge is 0.229 e. The van der Waals surface area contributed by atoms with Gasteiger partial charge in [-0.2, -0.15) is 0 Å². The lowest BCUT2D eigenvalue weighted by molar-refractivity contribution is 0.0841. The Balaban J connectivity index is 0.00000300. The Morgan fingerprint density at radius 3 is 2.38 bits per heavy atom. The van der Waals surface area contributed by atoms with Gasteiger partial charge in [0.1, 0.15) is 0 Å². The molecule has 6 nitrogen and oxygen atoms in total. The van der Waals surface area contributed by atoms with Crippen molar-refractivity contribution in [2.75, 3.05) is 30.6 Å². The average molecular weight is 438 g/mol. The first-order valence-corrected chi connectivity index (χ1v) is 11.5. The number of halogens is 1. The van der Waals surface area contributed by atoms with E-state index < -0.39 is 10.0 Å². The molecule has 0 unspecified atom stereocenters. The van der Waals surface area contributed by atoms with E-state index in [0.717, 1.165) is 56.5 Å². The number of hydrogen-bond donors (Lipinski definition) is 1. The predicted octanol–water partition coefficient (Wildman–Crippen LogP) is 3.32. The second kappa shape index (κ2) is 10.2. The number of Topliss-reactive ketones (excluding diaryl/α,β-unsaturated/α-hetero) is 1. The molecule has 1 fully saturated rings. The topological polar surface area (TPSA) is 79.4 Å². The number of sulfonamides is 1. The van der Waals surface area contributed by atoms with Crippen LogP contribution in [-0.2, 0) is 16.4 Å². The van der Waals surface area contributed by atoms with Crippen LogP contribution in [0.1, 0.15) is 34.6 Å². The number of anilines is 1. The zero-order valence-electron chi connectivity index (χ0n) is 16.8. The molecule has 29 heavy (non-hydrogen) atoms. The molecular weight excluding hydrogens is 410 g/mol. The molecule has 3 rings (SSSR count). The maximum Gasteiger partial charge on any atom is 0.229 e. The molecule has 0 atom stereocenters. The summed E-state index contributed by atoms with van der Waals surface area (Å²) in [5, 5.41) is 0. The number of aryl methyl sites for hydroxylation is 1. The molecule has 0 aliphatic carbocycles. The lowest BCUT2D eigenvalue weighted by Gasteiger charge is -2.31.